The summed E-state index contributed by atoms with van der Waals surface area (Å²) in [6, 6.07) is 4.02. The summed E-state index contributed by atoms with van der Waals surface area (Å²) in [4.78, 5) is 10.8. The van der Waals surface area contributed by atoms with E-state index < -0.39 is 0 Å². The lowest BCUT2D eigenvalue weighted by molar-refractivity contribution is -0.119. The molecular formula is C15H25N3O. The van der Waals surface area contributed by atoms with Gasteiger partial charge in [-0.3, -0.25) is 4.79 Å². The minimum Gasteiger partial charge on any atom is -0.351 e. The van der Waals surface area contributed by atoms with E-state index in [0.29, 0.717) is 12.5 Å². The van der Waals surface area contributed by atoms with Crippen LogP contribution in [0.2, 0.25) is 0 Å². The van der Waals surface area contributed by atoms with Crippen molar-refractivity contribution in [3.8, 4) is 0 Å². The van der Waals surface area contributed by atoms with E-state index in [0.717, 1.165) is 11.4 Å². The minimum absolute atomic E-state index is 0.0387. The molecule has 0 aliphatic heterocycles. The molecule has 4 heteroatoms. The van der Waals surface area contributed by atoms with Gasteiger partial charge in [0.05, 0.1) is 17.9 Å². The number of carbonyl (C=O) groups excluding carboxylic acids is 1. The van der Waals surface area contributed by atoms with Crippen LogP contribution in [0.3, 0.4) is 0 Å². The van der Waals surface area contributed by atoms with Crippen molar-refractivity contribution >= 4 is 5.91 Å². The van der Waals surface area contributed by atoms with Crippen LogP contribution in [0.4, 0.5) is 0 Å². The largest absolute Gasteiger partial charge is 0.351 e. The Balaban J connectivity index is 0.000000861. The van der Waals surface area contributed by atoms with Crippen molar-refractivity contribution in [1.29, 1.82) is 0 Å². The lowest BCUT2D eigenvalue weighted by atomic mass is 9.87. The molecule has 0 aromatic carbocycles. The first-order valence-electron chi connectivity index (χ1n) is 7.32. The highest BCUT2D eigenvalue weighted by Gasteiger charge is 2.16. The van der Waals surface area contributed by atoms with Gasteiger partial charge in [-0.1, -0.05) is 33.1 Å². The Labute approximate surface area is 116 Å². The number of rotatable bonds is 3. The molecule has 4 nitrogen and oxygen atoms in total. The lowest BCUT2D eigenvalue weighted by Gasteiger charge is -2.20. The van der Waals surface area contributed by atoms with E-state index in [1.807, 2.05) is 19.9 Å². The predicted molar refractivity (Wildman–Crippen MR) is 76.7 cm³/mol. The average Bonchev–Trinajstić information content (AvgIpc) is 2.49. The zero-order valence-electron chi connectivity index (χ0n) is 12.3. The Hall–Kier alpha value is -1.45. The van der Waals surface area contributed by atoms with Crippen molar-refractivity contribution in [2.24, 2.45) is 0 Å². The molecule has 1 heterocycles. The molecule has 0 atom stereocenters. The maximum Gasteiger partial charge on any atom is 0.217 e. The van der Waals surface area contributed by atoms with Crippen molar-refractivity contribution in [1.82, 2.24) is 15.5 Å². The molecule has 1 aromatic rings. The van der Waals surface area contributed by atoms with Crippen LogP contribution in [0, 0.1) is 0 Å². The summed E-state index contributed by atoms with van der Waals surface area (Å²) >= 11 is 0. The van der Waals surface area contributed by atoms with Gasteiger partial charge in [-0.15, -0.1) is 0 Å². The zero-order chi connectivity index (χ0) is 14.1. The first-order valence-corrected chi connectivity index (χ1v) is 7.32. The smallest absolute Gasteiger partial charge is 0.217 e. The second kappa shape index (κ2) is 8.62. The van der Waals surface area contributed by atoms with E-state index in [1.54, 1.807) is 0 Å². The summed E-state index contributed by atoms with van der Waals surface area (Å²) in [5.74, 6) is 0.550. The average molecular weight is 263 g/mol. The predicted octanol–water partition coefficient (Wildman–Crippen LogP) is 3.19. The van der Waals surface area contributed by atoms with Gasteiger partial charge in [-0.05, 0) is 25.0 Å². The Kier molecular flexibility index (Phi) is 7.08. The van der Waals surface area contributed by atoms with Crippen LogP contribution in [-0.4, -0.2) is 16.1 Å². The summed E-state index contributed by atoms with van der Waals surface area (Å²) in [5.41, 5.74) is 1.93. The summed E-state index contributed by atoms with van der Waals surface area (Å²) in [6.45, 7) is 5.97. The third-order valence-electron chi connectivity index (χ3n) is 3.28. The number of carbonyl (C=O) groups is 1. The summed E-state index contributed by atoms with van der Waals surface area (Å²) < 4.78 is 0. The Bertz CT molecular complexity index is 369. The molecule has 0 spiro atoms. The van der Waals surface area contributed by atoms with Gasteiger partial charge in [0, 0.05) is 12.8 Å². The van der Waals surface area contributed by atoms with E-state index in [2.05, 4.69) is 21.6 Å². The second-order valence-electron chi connectivity index (χ2n) is 4.69. The fraction of sp³-hybridized carbons (Fsp3) is 0.667. The first kappa shape index (κ1) is 15.6. The van der Waals surface area contributed by atoms with Crippen LogP contribution in [0.5, 0.6) is 0 Å². The molecule has 19 heavy (non-hydrogen) atoms. The van der Waals surface area contributed by atoms with Gasteiger partial charge in [0.1, 0.15) is 0 Å². The normalized spacial score (nSPS) is 15.3. The van der Waals surface area contributed by atoms with E-state index >= 15 is 0 Å². The molecular weight excluding hydrogens is 238 g/mol. The molecule has 1 aromatic heterocycles. The molecule has 1 N–H and O–H groups in total. The SMILES string of the molecule is CC.CC(=O)NCc1ccc(C2CCCCC2)nn1. The molecule has 1 fully saturated rings. The monoisotopic (exact) mass is 263 g/mol. The van der Waals surface area contributed by atoms with Crippen molar-refractivity contribution in [2.75, 3.05) is 0 Å². The van der Waals surface area contributed by atoms with E-state index in [-0.39, 0.29) is 5.91 Å². The number of amides is 1. The molecule has 0 unspecified atom stereocenters. The summed E-state index contributed by atoms with van der Waals surface area (Å²) in [6.07, 6.45) is 6.43. The summed E-state index contributed by atoms with van der Waals surface area (Å²) in [5, 5.41) is 11.2. The topological polar surface area (TPSA) is 54.9 Å². The van der Waals surface area contributed by atoms with E-state index in [9.17, 15) is 4.79 Å². The number of aromatic nitrogens is 2. The number of nitrogens with zero attached hydrogens (tertiary/aromatic N) is 2. The third-order valence-corrected chi connectivity index (χ3v) is 3.28. The standard InChI is InChI=1S/C13H19N3O.C2H6/c1-10(17)14-9-12-7-8-13(16-15-12)11-5-3-2-4-6-11;1-2/h7-8,11H,2-6,9H2,1H3,(H,14,17);1-2H3. The Morgan fingerprint density at radius 1 is 1.21 bits per heavy atom. The Morgan fingerprint density at radius 2 is 1.89 bits per heavy atom. The highest BCUT2D eigenvalue weighted by molar-refractivity contribution is 5.72. The van der Waals surface area contributed by atoms with Gasteiger partial charge in [-0.25, -0.2) is 0 Å². The Morgan fingerprint density at radius 3 is 2.42 bits per heavy atom. The van der Waals surface area contributed by atoms with Crippen molar-refractivity contribution in [3.05, 3.63) is 23.5 Å². The first-order chi connectivity index (χ1) is 9.25. The number of nitrogens with one attached hydrogen (secondary N) is 1. The highest BCUT2D eigenvalue weighted by atomic mass is 16.1. The number of hydrogen-bond donors (Lipinski definition) is 1. The maximum absolute atomic E-state index is 10.8. The molecule has 2 rings (SSSR count). The fourth-order valence-electron chi connectivity index (χ4n) is 2.30. The van der Waals surface area contributed by atoms with Crippen molar-refractivity contribution in [3.63, 3.8) is 0 Å². The van der Waals surface area contributed by atoms with Gasteiger partial charge >= 0.3 is 0 Å². The quantitative estimate of drug-likeness (QED) is 0.911. The zero-order valence-corrected chi connectivity index (χ0v) is 12.3. The molecule has 1 aliphatic carbocycles. The van der Waals surface area contributed by atoms with Gasteiger partial charge in [0.25, 0.3) is 0 Å². The van der Waals surface area contributed by atoms with Crippen LogP contribution < -0.4 is 5.32 Å². The summed E-state index contributed by atoms with van der Waals surface area (Å²) in [7, 11) is 0. The molecule has 1 aliphatic rings. The van der Waals surface area contributed by atoms with Crippen LogP contribution in [0.15, 0.2) is 12.1 Å². The molecule has 106 valence electrons. The highest BCUT2D eigenvalue weighted by Crippen LogP contribution is 2.30. The molecule has 1 amide bonds. The van der Waals surface area contributed by atoms with Crippen LogP contribution >= 0.6 is 0 Å². The second-order valence-corrected chi connectivity index (χ2v) is 4.69. The van der Waals surface area contributed by atoms with Crippen LogP contribution in [0.25, 0.3) is 0 Å². The molecule has 0 saturated heterocycles. The van der Waals surface area contributed by atoms with Crippen LogP contribution in [0.1, 0.15) is 70.2 Å². The minimum atomic E-state index is -0.0387. The van der Waals surface area contributed by atoms with Gasteiger partial charge < -0.3 is 5.32 Å². The van der Waals surface area contributed by atoms with Gasteiger partial charge in [-0.2, -0.15) is 10.2 Å². The fourth-order valence-corrected chi connectivity index (χ4v) is 2.30. The maximum atomic E-state index is 10.8. The van der Waals surface area contributed by atoms with Crippen molar-refractivity contribution in [2.45, 2.75) is 65.3 Å². The van der Waals surface area contributed by atoms with Gasteiger partial charge in [0.2, 0.25) is 5.91 Å². The van der Waals surface area contributed by atoms with Gasteiger partial charge in [0.15, 0.2) is 0 Å². The molecule has 1 saturated carbocycles. The lowest BCUT2D eigenvalue weighted by Crippen LogP contribution is -2.20. The number of hydrogen-bond acceptors (Lipinski definition) is 3. The van der Waals surface area contributed by atoms with Crippen LogP contribution in [-0.2, 0) is 11.3 Å². The third kappa shape index (κ3) is 5.37. The molecule has 0 radical (unpaired) electrons. The van der Waals surface area contributed by atoms with E-state index in [1.165, 1.54) is 39.0 Å². The van der Waals surface area contributed by atoms with Crippen molar-refractivity contribution < 1.29 is 4.79 Å². The molecule has 0 bridgehead atoms. The van der Waals surface area contributed by atoms with E-state index in [4.69, 9.17) is 0 Å².